The Hall–Kier alpha value is -2.04. The van der Waals surface area contributed by atoms with Gasteiger partial charge in [-0.1, -0.05) is 25.5 Å². The number of unbranched alkanes of at least 4 members (excludes halogenated alkanes) is 1. The molecule has 176 valence electrons. The van der Waals surface area contributed by atoms with Gasteiger partial charge in [-0.2, -0.15) is 0 Å². The smallest absolute Gasteiger partial charge is 0.0369 e. The van der Waals surface area contributed by atoms with Crippen LogP contribution in [0.3, 0.4) is 0 Å². The molecule has 2 aliphatic heterocycles. The van der Waals surface area contributed by atoms with Gasteiger partial charge in [-0.25, -0.2) is 0 Å². The summed E-state index contributed by atoms with van der Waals surface area (Å²) in [4.78, 5) is 4.95. The van der Waals surface area contributed by atoms with Crippen molar-refractivity contribution < 1.29 is 0 Å². The lowest BCUT2D eigenvalue weighted by molar-refractivity contribution is 0.640. The average Bonchev–Trinajstić information content (AvgIpc) is 3.53. The second kappa shape index (κ2) is 12.9. The molecule has 4 heteroatoms. The van der Waals surface area contributed by atoms with E-state index >= 15 is 0 Å². The van der Waals surface area contributed by atoms with E-state index in [-0.39, 0.29) is 0 Å². The Balaban J connectivity index is 0.000000186. The highest BCUT2D eigenvalue weighted by atomic mass is 15.1. The van der Waals surface area contributed by atoms with Crippen LogP contribution in [0.2, 0.25) is 0 Å². The van der Waals surface area contributed by atoms with Crippen LogP contribution in [-0.4, -0.2) is 32.7 Å². The van der Waals surface area contributed by atoms with E-state index in [4.69, 9.17) is 5.73 Å². The number of benzene rings is 2. The molecule has 3 N–H and O–H groups in total. The predicted octanol–water partition coefficient (Wildman–Crippen LogP) is 5.54. The Morgan fingerprint density at radius 1 is 0.781 bits per heavy atom. The molecule has 2 fully saturated rings. The highest BCUT2D eigenvalue weighted by molar-refractivity contribution is 5.52. The fraction of sp³-hybridized carbons (Fsp3) is 0.571. The fourth-order valence-corrected chi connectivity index (χ4v) is 4.66. The highest BCUT2D eigenvalue weighted by Crippen LogP contribution is 2.24. The number of hydrogen-bond acceptors (Lipinski definition) is 4. The zero-order chi connectivity index (χ0) is 22.8. The number of anilines is 2. The molecule has 2 aromatic carbocycles. The molecule has 2 heterocycles. The lowest BCUT2D eigenvalue weighted by Gasteiger charge is -2.19. The molecule has 0 radical (unpaired) electrons. The number of hydrogen-bond donors (Lipinski definition) is 2. The summed E-state index contributed by atoms with van der Waals surface area (Å²) in [7, 11) is 0. The Bertz CT molecular complexity index is 820. The van der Waals surface area contributed by atoms with Crippen molar-refractivity contribution in [2.45, 2.75) is 72.4 Å². The second-order valence-corrected chi connectivity index (χ2v) is 9.34. The Labute approximate surface area is 196 Å². The minimum atomic E-state index is 0.645. The Kier molecular flexibility index (Phi) is 9.89. The maximum Gasteiger partial charge on any atom is 0.0369 e. The fourth-order valence-electron chi connectivity index (χ4n) is 4.66. The van der Waals surface area contributed by atoms with Gasteiger partial charge >= 0.3 is 0 Å². The summed E-state index contributed by atoms with van der Waals surface area (Å²) >= 11 is 0. The molecule has 0 atom stereocenters. The molecule has 0 aromatic heterocycles. The molecule has 2 aromatic rings. The van der Waals surface area contributed by atoms with Gasteiger partial charge < -0.3 is 20.9 Å². The molecule has 0 spiro atoms. The van der Waals surface area contributed by atoms with E-state index in [1.54, 1.807) is 0 Å². The summed E-state index contributed by atoms with van der Waals surface area (Å²) in [5.41, 5.74) is 13.8. The topological polar surface area (TPSA) is 44.5 Å². The monoisotopic (exact) mass is 436 g/mol. The molecular formula is C28H44N4. The van der Waals surface area contributed by atoms with Crippen molar-refractivity contribution in [2.24, 2.45) is 5.73 Å². The summed E-state index contributed by atoms with van der Waals surface area (Å²) in [5.74, 6) is 0. The first kappa shape index (κ1) is 24.6. The molecule has 4 rings (SSSR count). The van der Waals surface area contributed by atoms with Gasteiger partial charge in [0.05, 0.1) is 0 Å². The highest BCUT2D eigenvalue weighted by Gasteiger charge is 2.13. The molecule has 32 heavy (non-hydrogen) atoms. The molecule has 2 saturated heterocycles. The first-order valence-electron chi connectivity index (χ1n) is 12.7. The molecule has 0 bridgehead atoms. The van der Waals surface area contributed by atoms with Gasteiger partial charge in [0, 0.05) is 50.6 Å². The predicted molar refractivity (Wildman–Crippen MR) is 140 cm³/mol. The number of nitrogens with zero attached hydrogens (tertiary/aromatic N) is 2. The van der Waals surface area contributed by atoms with Crippen LogP contribution in [0.25, 0.3) is 0 Å². The van der Waals surface area contributed by atoms with Gasteiger partial charge in [0.2, 0.25) is 0 Å². The number of aryl methyl sites for hydroxylation is 2. The van der Waals surface area contributed by atoms with E-state index in [0.717, 1.165) is 13.1 Å². The lowest BCUT2D eigenvalue weighted by atomic mass is 10.1. The Morgan fingerprint density at radius 3 is 1.72 bits per heavy atom. The lowest BCUT2D eigenvalue weighted by Crippen LogP contribution is -2.18. The minimum absolute atomic E-state index is 0.645. The van der Waals surface area contributed by atoms with Crippen molar-refractivity contribution in [1.29, 1.82) is 0 Å². The van der Waals surface area contributed by atoms with Gasteiger partial charge in [0.15, 0.2) is 0 Å². The summed E-state index contributed by atoms with van der Waals surface area (Å²) in [6.45, 7) is 14.3. The van der Waals surface area contributed by atoms with E-state index in [2.05, 4.69) is 72.3 Å². The van der Waals surface area contributed by atoms with Crippen LogP contribution in [0, 0.1) is 13.8 Å². The molecule has 2 aliphatic rings. The van der Waals surface area contributed by atoms with E-state index in [1.165, 1.54) is 98.3 Å². The van der Waals surface area contributed by atoms with Gasteiger partial charge in [-0.05, 0) is 99.0 Å². The van der Waals surface area contributed by atoms with Gasteiger partial charge in [-0.15, -0.1) is 0 Å². The van der Waals surface area contributed by atoms with Crippen LogP contribution in [0.5, 0.6) is 0 Å². The van der Waals surface area contributed by atoms with Gasteiger partial charge in [0.1, 0.15) is 0 Å². The third kappa shape index (κ3) is 6.98. The quantitative estimate of drug-likeness (QED) is 0.533. The largest absolute Gasteiger partial charge is 0.372 e. The Morgan fingerprint density at radius 2 is 1.28 bits per heavy atom. The maximum atomic E-state index is 5.64. The van der Waals surface area contributed by atoms with Crippen LogP contribution >= 0.6 is 0 Å². The van der Waals surface area contributed by atoms with Crippen LogP contribution < -0.4 is 20.9 Å². The van der Waals surface area contributed by atoms with Crippen LogP contribution in [0.4, 0.5) is 11.4 Å². The maximum absolute atomic E-state index is 5.64. The van der Waals surface area contributed by atoms with Gasteiger partial charge in [0.25, 0.3) is 0 Å². The number of rotatable bonds is 8. The van der Waals surface area contributed by atoms with Crippen LogP contribution in [0.15, 0.2) is 36.4 Å². The molecular weight excluding hydrogens is 392 g/mol. The number of nitrogens with two attached hydrogens (primary N) is 1. The molecule has 0 unspecified atom stereocenters. The SMILES string of the molecule is CCCCNCc1ccc(N2CCCC2)cc1C.Cc1cc(N2CCCC2)ccc1CN. The molecule has 0 amide bonds. The molecule has 4 nitrogen and oxygen atoms in total. The van der Waals surface area contributed by atoms with E-state index in [1.807, 2.05) is 0 Å². The van der Waals surface area contributed by atoms with E-state index < -0.39 is 0 Å². The van der Waals surface area contributed by atoms with Crippen molar-refractivity contribution >= 4 is 11.4 Å². The number of nitrogens with one attached hydrogen (secondary N) is 1. The van der Waals surface area contributed by atoms with E-state index in [0.29, 0.717) is 6.54 Å². The van der Waals surface area contributed by atoms with Crippen LogP contribution in [0.1, 0.15) is 67.7 Å². The first-order valence-corrected chi connectivity index (χ1v) is 12.7. The van der Waals surface area contributed by atoms with Crippen molar-refractivity contribution in [3.8, 4) is 0 Å². The van der Waals surface area contributed by atoms with Crippen molar-refractivity contribution in [2.75, 3.05) is 42.5 Å². The average molecular weight is 437 g/mol. The molecule has 0 aliphatic carbocycles. The summed E-state index contributed by atoms with van der Waals surface area (Å²) in [6.07, 6.45) is 7.89. The van der Waals surface area contributed by atoms with E-state index in [9.17, 15) is 0 Å². The molecule has 0 saturated carbocycles. The standard InChI is InChI=1S/C16H26N2.C12H18N2/c1-3-4-9-17-13-15-7-8-16(12-14(15)2)18-10-5-6-11-18;1-10-8-12(5-4-11(10)9-13)14-6-2-3-7-14/h7-8,12,17H,3-6,9-11,13H2,1-2H3;4-5,8H,2-3,6-7,9,13H2,1H3. The third-order valence-corrected chi connectivity index (χ3v) is 6.84. The minimum Gasteiger partial charge on any atom is -0.372 e. The zero-order valence-corrected chi connectivity index (χ0v) is 20.6. The van der Waals surface area contributed by atoms with Gasteiger partial charge in [-0.3, -0.25) is 0 Å². The third-order valence-electron chi connectivity index (χ3n) is 6.84. The zero-order valence-electron chi connectivity index (χ0n) is 20.6. The normalized spacial score (nSPS) is 15.8. The van der Waals surface area contributed by atoms with Crippen molar-refractivity contribution in [3.63, 3.8) is 0 Å². The first-order chi connectivity index (χ1) is 15.6. The summed E-state index contributed by atoms with van der Waals surface area (Å²) in [5, 5.41) is 3.52. The van der Waals surface area contributed by atoms with Crippen molar-refractivity contribution in [1.82, 2.24) is 5.32 Å². The van der Waals surface area contributed by atoms with Crippen molar-refractivity contribution in [3.05, 3.63) is 58.7 Å². The summed E-state index contributed by atoms with van der Waals surface area (Å²) in [6, 6.07) is 13.5. The summed E-state index contributed by atoms with van der Waals surface area (Å²) < 4.78 is 0. The van der Waals surface area contributed by atoms with Crippen LogP contribution in [-0.2, 0) is 13.1 Å². The second-order valence-electron chi connectivity index (χ2n) is 9.34.